The normalized spacial score (nSPS) is 14.2. The summed E-state index contributed by atoms with van der Waals surface area (Å²) < 4.78 is 1.65. The van der Waals surface area contributed by atoms with Gasteiger partial charge >= 0.3 is 5.97 Å². The third kappa shape index (κ3) is 4.17. The van der Waals surface area contributed by atoms with Crippen LogP contribution in [0.15, 0.2) is 22.7 Å². The van der Waals surface area contributed by atoms with Crippen molar-refractivity contribution >= 4 is 50.4 Å². The quantitative estimate of drug-likeness (QED) is 0.720. The Morgan fingerprint density at radius 2 is 2.11 bits per heavy atom. The van der Waals surface area contributed by atoms with Gasteiger partial charge in [0.15, 0.2) is 0 Å². The minimum absolute atomic E-state index is 0.223. The maximum atomic E-state index is 12.4. The van der Waals surface area contributed by atoms with Gasteiger partial charge < -0.3 is 10.0 Å². The lowest BCUT2D eigenvalue weighted by Gasteiger charge is -2.21. The number of hydrogen-bond acceptors (Lipinski definition) is 2. The van der Waals surface area contributed by atoms with Crippen molar-refractivity contribution in [3.8, 4) is 0 Å². The van der Waals surface area contributed by atoms with Crippen LogP contribution in [0.3, 0.4) is 0 Å². The van der Waals surface area contributed by atoms with Gasteiger partial charge in [-0.2, -0.15) is 0 Å². The number of halogens is 2. The third-order valence-corrected chi connectivity index (χ3v) is 4.31. The Morgan fingerprint density at radius 1 is 1.42 bits per heavy atom. The summed E-state index contributed by atoms with van der Waals surface area (Å²) in [5.74, 6) is -0.736. The number of rotatable bonds is 5. The van der Waals surface area contributed by atoms with E-state index in [4.69, 9.17) is 5.11 Å². The molecule has 0 spiro atoms. The molecule has 0 aliphatic heterocycles. The molecule has 6 heteroatoms. The molecular weight excluding hydrogens is 425 g/mol. The molecule has 0 radical (unpaired) electrons. The Balaban J connectivity index is 2.21. The van der Waals surface area contributed by atoms with Crippen molar-refractivity contribution < 1.29 is 14.7 Å². The first-order chi connectivity index (χ1) is 8.97. The van der Waals surface area contributed by atoms with Crippen LogP contribution < -0.4 is 0 Å². The molecule has 1 aliphatic carbocycles. The maximum absolute atomic E-state index is 12.4. The first-order valence-corrected chi connectivity index (χ1v) is 7.80. The van der Waals surface area contributed by atoms with Gasteiger partial charge in [-0.3, -0.25) is 9.59 Å². The number of aliphatic carboxylic acids is 1. The van der Waals surface area contributed by atoms with Crippen LogP contribution in [-0.4, -0.2) is 35.0 Å². The smallest absolute Gasteiger partial charge is 0.323 e. The summed E-state index contributed by atoms with van der Waals surface area (Å²) >= 11 is 5.48. The zero-order valence-corrected chi connectivity index (χ0v) is 13.8. The van der Waals surface area contributed by atoms with Crippen LogP contribution in [0.5, 0.6) is 0 Å². The number of carboxylic acids is 1. The predicted molar refractivity (Wildman–Crippen MR) is 83.1 cm³/mol. The van der Waals surface area contributed by atoms with E-state index in [-0.39, 0.29) is 12.5 Å². The first-order valence-electron chi connectivity index (χ1n) is 5.93. The summed E-state index contributed by atoms with van der Waals surface area (Å²) in [7, 11) is 0. The molecule has 2 rings (SSSR count). The standard InChI is InChI=1S/C13H13BrINO3/c14-11-4-3-9(15)5-10(11)13(19)16(7-12(17)18)6-8-1-2-8/h3-5,8H,1-2,6-7H2,(H,17,18). The molecule has 0 saturated heterocycles. The van der Waals surface area contributed by atoms with Crippen LogP contribution in [0.4, 0.5) is 0 Å². The number of carbonyl (C=O) groups excluding carboxylic acids is 1. The van der Waals surface area contributed by atoms with Gasteiger partial charge in [-0.05, 0) is 75.5 Å². The number of carbonyl (C=O) groups is 2. The Hall–Kier alpha value is -0.630. The summed E-state index contributed by atoms with van der Waals surface area (Å²) in [5, 5.41) is 8.93. The van der Waals surface area contributed by atoms with Gasteiger partial charge in [0, 0.05) is 14.6 Å². The van der Waals surface area contributed by atoms with Crippen molar-refractivity contribution in [3.63, 3.8) is 0 Å². The second-order valence-corrected chi connectivity index (χ2v) is 6.75. The largest absolute Gasteiger partial charge is 0.480 e. The van der Waals surface area contributed by atoms with E-state index < -0.39 is 5.97 Å². The highest BCUT2D eigenvalue weighted by Crippen LogP contribution is 2.30. The van der Waals surface area contributed by atoms with Gasteiger partial charge in [-0.1, -0.05) is 0 Å². The lowest BCUT2D eigenvalue weighted by Crippen LogP contribution is -2.37. The number of benzene rings is 1. The summed E-state index contributed by atoms with van der Waals surface area (Å²) in [4.78, 5) is 24.8. The average Bonchev–Trinajstić information content (AvgIpc) is 3.14. The topological polar surface area (TPSA) is 57.6 Å². The zero-order valence-electron chi connectivity index (χ0n) is 10.1. The predicted octanol–water partition coefficient (Wildman–Crippen LogP) is 2.99. The molecule has 1 aliphatic rings. The fourth-order valence-corrected chi connectivity index (χ4v) is 2.73. The highest BCUT2D eigenvalue weighted by Gasteiger charge is 2.29. The molecule has 0 heterocycles. The van der Waals surface area contributed by atoms with Crippen LogP contribution in [0.1, 0.15) is 23.2 Å². The van der Waals surface area contributed by atoms with Crippen LogP contribution >= 0.6 is 38.5 Å². The van der Waals surface area contributed by atoms with Crippen LogP contribution in [0.25, 0.3) is 0 Å². The molecule has 4 nitrogen and oxygen atoms in total. The van der Waals surface area contributed by atoms with Crippen molar-refractivity contribution in [3.05, 3.63) is 31.8 Å². The van der Waals surface area contributed by atoms with E-state index in [0.717, 1.165) is 16.4 Å². The molecule has 0 atom stereocenters. The van der Waals surface area contributed by atoms with E-state index in [0.29, 0.717) is 22.5 Å². The monoisotopic (exact) mass is 437 g/mol. The summed E-state index contributed by atoms with van der Waals surface area (Å²) in [6, 6.07) is 5.48. The van der Waals surface area contributed by atoms with E-state index >= 15 is 0 Å². The van der Waals surface area contributed by atoms with Gasteiger partial charge in [0.1, 0.15) is 6.54 Å². The highest BCUT2D eigenvalue weighted by atomic mass is 127. The van der Waals surface area contributed by atoms with Crippen LogP contribution in [-0.2, 0) is 4.79 Å². The Kier molecular flexibility index (Phi) is 4.83. The minimum Gasteiger partial charge on any atom is -0.480 e. The van der Waals surface area contributed by atoms with Gasteiger partial charge in [0.25, 0.3) is 5.91 Å². The molecule has 1 amide bonds. The Bertz CT molecular complexity index is 517. The van der Waals surface area contributed by atoms with Crippen LogP contribution in [0, 0.1) is 9.49 Å². The van der Waals surface area contributed by atoms with E-state index in [1.807, 2.05) is 12.1 Å². The van der Waals surface area contributed by atoms with Gasteiger partial charge in [0.2, 0.25) is 0 Å². The lowest BCUT2D eigenvalue weighted by atomic mass is 10.2. The highest BCUT2D eigenvalue weighted by molar-refractivity contribution is 14.1. The number of carboxylic acid groups (broad SMARTS) is 1. The van der Waals surface area contributed by atoms with Gasteiger partial charge in [-0.25, -0.2) is 0 Å². The van der Waals surface area contributed by atoms with Crippen molar-refractivity contribution in [2.24, 2.45) is 5.92 Å². The summed E-state index contributed by atoms with van der Waals surface area (Å²) in [5.41, 5.74) is 0.522. The number of amides is 1. The van der Waals surface area contributed by atoms with Crippen molar-refractivity contribution in [2.75, 3.05) is 13.1 Å². The van der Waals surface area contributed by atoms with Crippen molar-refractivity contribution in [2.45, 2.75) is 12.8 Å². The molecule has 0 aromatic heterocycles. The molecule has 1 aromatic carbocycles. The molecule has 19 heavy (non-hydrogen) atoms. The molecular formula is C13H13BrINO3. The molecule has 102 valence electrons. The van der Waals surface area contributed by atoms with E-state index in [1.165, 1.54) is 4.90 Å². The summed E-state index contributed by atoms with van der Waals surface area (Å²) in [6.07, 6.45) is 2.16. The first kappa shape index (κ1) is 14.8. The van der Waals surface area contributed by atoms with Gasteiger partial charge in [-0.15, -0.1) is 0 Å². The van der Waals surface area contributed by atoms with E-state index in [1.54, 1.807) is 6.07 Å². The van der Waals surface area contributed by atoms with E-state index in [2.05, 4.69) is 38.5 Å². The number of hydrogen-bond donors (Lipinski definition) is 1. The Morgan fingerprint density at radius 3 is 2.68 bits per heavy atom. The van der Waals surface area contributed by atoms with Crippen LogP contribution in [0.2, 0.25) is 0 Å². The fourth-order valence-electron chi connectivity index (χ4n) is 1.83. The lowest BCUT2D eigenvalue weighted by molar-refractivity contribution is -0.137. The fraction of sp³-hybridized carbons (Fsp3) is 0.385. The molecule has 1 aromatic rings. The molecule has 0 bridgehead atoms. The average molecular weight is 438 g/mol. The maximum Gasteiger partial charge on any atom is 0.323 e. The second-order valence-electron chi connectivity index (χ2n) is 4.65. The van der Waals surface area contributed by atoms with Crippen molar-refractivity contribution in [1.82, 2.24) is 4.90 Å². The molecule has 1 N–H and O–H groups in total. The molecule has 1 fully saturated rings. The summed E-state index contributed by atoms with van der Waals surface area (Å²) in [6.45, 7) is 0.288. The molecule has 0 unspecified atom stereocenters. The van der Waals surface area contributed by atoms with Crippen molar-refractivity contribution in [1.29, 1.82) is 0 Å². The SMILES string of the molecule is O=C(O)CN(CC1CC1)C(=O)c1cc(I)ccc1Br. The third-order valence-electron chi connectivity index (χ3n) is 2.95. The second kappa shape index (κ2) is 6.21. The van der Waals surface area contributed by atoms with Gasteiger partial charge in [0.05, 0.1) is 5.56 Å². The minimum atomic E-state index is -0.976. The molecule has 1 saturated carbocycles. The zero-order chi connectivity index (χ0) is 14.0. The Labute approximate surface area is 133 Å². The van der Waals surface area contributed by atoms with E-state index in [9.17, 15) is 9.59 Å². The number of nitrogens with zero attached hydrogens (tertiary/aromatic N) is 1.